The van der Waals surface area contributed by atoms with E-state index in [1.807, 2.05) is 4.90 Å². The zero-order chi connectivity index (χ0) is 10.8. The molecule has 1 atom stereocenters. The number of nitrogens with one attached hydrogen (secondary N) is 1. The van der Waals surface area contributed by atoms with E-state index >= 15 is 0 Å². The third-order valence-electron chi connectivity index (χ3n) is 2.75. The van der Waals surface area contributed by atoms with Gasteiger partial charge in [0.2, 0.25) is 0 Å². The molecule has 1 saturated heterocycles. The lowest BCUT2D eigenvalue weighted by atomic mass is 10.0. The van der Waals surface area contributed by atoms with Gasteiger partial charge in [0.25, 0.3) is 5.91 Å². The SMILES string of the molecule is C[C@H]1CCCN(C(=O)c2[nH]ncc2Br)C1. The summed E-state index contributed by atoms with van der Waals surface area (Å²) >= 11 is 3.31. The van der Waals surface area contributed by atoms with Crippen LogP contribution in [0.15, 0.2) is 10.7 Å². The van der Waals surface area contributed by atoms with Crippen LogP contribution in [0, 0.1) is 5.92 Å². The Hall–Kier alpha value is -0.840. The maximum absolute atomic E-state index is 12.1. The highest BCUT2D eigenvalue weighted by atomic mass is 79.9. The first kappa shape index (κ1) is 10.7. The first-order chi connectivity index (χ1) is 7.18. The Morgan fingerprint density at radius 1 is 1.73 bits per heavy atom. The van der Waals surface area contributed by atoms with Gasteiger partial charge in [-0.05, 0) is 34.7 Å². The number of aromatic nitrogens is 2. The summed E-state index contributed by atoms with van der Waals surface area (Å²) in [4.78, 5) is 13.9. The van der Waals surface area contributed by atoms with Crippen molar-refractivity contribution in [3.05, 3.63) is 16.4 Å². The molecule has 0 aliphatic carbocycles. The molecule has 1 fully saturated rings. The van der Waals surface area contributed by atoms with Crippen molar-refractivity contribution in [3.63, 3.8) is 0 Å². The van der Waals surface area contributed by atoms with Crippen molar-refractivity contribution in [2.24, 2.45) is 5.92 Å². The van der Waals surface area contributed by atoms with E-state index in [0.29, 0.717) is 11.6 Å². The lowest BCUT2D eigenvalue weighted by molar-refractivity contribution is 0.0676. The molecular weight excluding hydrogens is 258 g/mol. The number of carbonyl (C=O) groups is 1. The molecule has 0 unspecified atom stereocenters. The molecule has 2 rings (SSSR count). The van der Waals surface area contributed by atoms with Crippen molar-refractivity contribution in [3.8, 4) is 0 Å². The number of H-pyrrole nitrogens is 1. The smallest absolute Gasteiger partial charge is 0.273 e. The summed E-state index contributed by atoms with van der Waals surface area (Å²) in [5.74, 6) is 0.648. The fraction of sp³-hybridized carbons (Fsp3) is 0.600. The van der Waals surface area contributed by atoms with Crippen LogP contribution in [0.5, 0.6) is 0 Å². The number of hydrogen-bond acceptors (Lipinski definition) is 2. The van der Waals surface area contributed by atoms with Gasteiger partial charge < -0.3 is 4.90 Å². The molecule has 1 aromatic rings. The zero-order valence-corrected chi connectivity index (χ0v) is 10.2. The summed E-state index contributed by atoms with van der Waals surface area (Å²) in [6.45, 7) is 3.89. The Labute approximate surface area is 97.2 Å². The molecule has 0 aromatic carbocycles. The van der Waals surface area contributed by atoms with Crippen LogP contribution >= 0.6 is 15.9 Å². The van der Waals surface area contributed by atoms with Crippen molar-refractivity contribution >= 4 is 21.8 Å². The van der Waals surface area contributed by atoms with Crippen LogP contribution in [0.1, 0.15) is 30.3 Å². The number of halogens is 1. The Morgan fingerprint density at radius 2 is 2.53 bits per heavy atom. The minimum atomic E-state index is 0.0472. The van der Waals surface area contributed by atoms with Gasteiger partial charge in [-0.25, -0.2) is 0 Å². The third kappa shape index (κ3) is 2.22. The lowest BCUT2D eigenvalue weighted by Crippen LogP contribution is -2.39. The van der Waals surface area contributed by atoms with Crippen molar-refractivity contribution < 1.29 is 4.79 Å². The largest absolute Gasteiger partial charge is 0.337 e. The number of hydrogen-bond donors (Lipinski definition) is 1. The summed E-state index contributed by atoms with van der Waals surface area (Å²) in [5, 5.41) is 6.57. The Bertz CT molecular complexity index is 363. The molecule has 0 bridgehead atoms. The fourth-order valence-electron chi connectivity index (χ4n) is 1.95. The summed E-state index contributed by atoms with van der Waals surface area (Å²) in [6, 6.07) is 0. The van der Waals surface area contributed by atoms with Gasteiger partial charge in [-0.2, -0.15) is 5.10 Å². The molecule has 1 aromatic heterocycles. The molecular formula is C10H14BrN3O. The summed E-state index contributed by atoms with van der Waals surface area (Å²) < 4.78 is 0.741. The first-order valence-electron chi connectivity index (χ1n) is 5.16. The predicted molar refractivity (Wildman–Crippen MR) is 60.6 cm³/mol. The van der Waals surface area contributed by atoms with Gasteiger partial charge >= 0.3 is 0 Å². The van der Waals surface area contributed by atoms with Crippen LogP contribution in [-0.2, 0) is 0 Å². The molecule has 1 amide bonds. The van der Waals surface area contributed by atoms with Crippen molar-refractivity contribution in [1.82, 2.24) is 15.1 Å². The minimum absolute atomic E-state index is 0.0472. The molecule has 2 heterocycles. The van der Waals surface area contributed by atoms with Gasteiger partial charge in [-0.15, -0.1) is 0 Å². The van der Waals surface area contributed by atoms with E-state index in [1.165, 1.54) is 6.42 Å². The number of nitrogens with zero attached hydrogens (tertiary/aromatic N) is 2. The van der Waals surface area contributed by atoms with Crippen LogP contribution in [0.3, 0.4) is 0 Å². The molecule has 1 aliphatic heterocycles. The number of aromatic amines is 1. The number of likely N-dealkylation sites (tertiary alicyclic amines) is 1. The van der Waals surface area contributed by atoms with Crippen molar-refractivity contribution in [2.75, 3.05) is 13.1 Å². The van der Waals surface area contributed by atoms with Crippen molar-refractivity contribution in [1.29, 1.82) is 0 Å². The molecule has 0 radical (unpaired) electrons. The van der Waals surface area contributed by atoms with Gasteiger partial charge in [-0.1, -0.05) is 6.92 Å². The van der Waals surface area contributed by atoms with Gasteiger partial charge in [0.05, 0.1) is 10.7 Å². The Balaban J connectivity index is 2.11. The quantitative estimate of drug-likeness (QED) is 0.850. The van der Waals surface area contributed by atoms with Gasteiger partial charge in [-0.3, -0.25) is 9.89 Å². The van der Waals surface area contributed by atoms with Crippen LogP contribution in [0.2, 0.25) is 0 Å². The van der Waals surface area contributed by atoms with E-state index in [0.717, 1.165) is 24.0 Å². The molecule has 0 spiro atoms. The molecule has 1 aliphatic rings. The highest BCUT2D eigenvalue weighted by Crippen LogP contribution is 2.20. The molecule has 15 heavy (non-hydrogen) atoms. The molecule has 5 heteroatoms. The Kier molecular flexibility index (Phi) is 3.09. The van der Waals surface area contributed by atoms with Gasteiger partial charge in [0, 0.05) is 13.1 Å². The second-order valence-corrected chi connectivity index (χ2v) is 4.95. The second-order valence-electron chi connectivity index (χ2n) is 4.09. The summed E-state index contributed by atoms with van der Waals surface area (Å²) in [5.41, 5.74) is 0.559. The summed E-state index contributed by atoms with van der Waals surface area (Å²) in [6.07, 6.45) is 3.92. The van der Waals surface area contributed by atoms with Crippen LogP contribution in [0.25, 0.3) is 0 Å². The zero-order valence-electron chi connectivity index (χ0n) is 8.66. The first-order valence-corrected chi connectivity index (χ1v) is 5.96. The Morgan fingerprint density at radius 3 is 3.13 bits per heavy atom. The van der Waals surface area contributed by atoms with Crippen LogP contribution in [-0.4, -0.2) is 34.1 Å². The number of carbonyl (C=O) groups excluding carboxylic acids is 1. The standard InChI is InChI=1S/C10H14BrN3O/c1-7-3-2-4-14(6-7)10(15)9-8(11)5-12-13-9/h5,7H,2-4,6H2,1H3,(H,12,13)/t7-/m0/s1. The van der Waals surface area contributed by atoms with E-state index in [-0.39, 0.29) is 5.91 Å². The molecule has 1 N–H and O–H groups in total. The lowest BCUT2D eigenvalue weighted by Gasteiger charge is -2.30. The fourth-order valence-corrected chi connectivity index (χ4v) is 2.31. The van der Waals surface area contributed by atoms with Gasteiger partial charge in [0.1, 0.15) is 5.69 Å². The highest BCUT2D eigenvalue weighted by molar-refractivity contribution is 9.10. The second kappa shape index (κ2) is 4.35. The van der Waals surface area contributed by atoms with E-state index < -0.39 is 0 Å². The van der Waals surface area contributed by atoms with Crippen LogP contribution in [0.4, 0.5) is 0 Å². The molecule has 82 valence electrons. The maximum Gasteiger partial charge on any atom is 0.273 e. The van der Waals surface area contributed by atoms with E-state index in [1.54, 1.807) is 6.20 Å². The minimum Gasteiger partial charge on any atom is -0.337 e. The summed E-state index contributed by atoms with van der Waals surface area (Å²) in [7, 11) is 0. The number of amides is 1. The average Bonchev–Trinajstić information content (AvgIpc) is 2.63. The maximum atomic E-state index is 12.1. The molecule has 0 saturated carbocycles. The van der Waals surface area contributed by atoms with E-state index in [4.69, 9.17) is 0 Å². The number of rotatable bonds is 1. The van der Waals surface area contributed by atoms with Crippen LogP contribution < -0.4 is 0 Å². The predicted octanol–water partition coefficient (Wildman–Crippen LogP) is 2.04. The topological polar surface area (TPSA) is 49.0 Å². The average molecular weight is 272 g/mol. The monoisotopic (exact) mass is 271 g/mol. The molecule has 4 nitrogen and oxygen atoms in total. The highest BCUT2D eigenvalue weighted by Gasteiger charge is 2.24. The van der Waals surface area contributed by atoms with Gasteiger partial charge in [0.15, 0.2) is 0 Å². The van der Waals surface area contributed by atoms with E-state index in [9.17, 15) is 4.79 Å². The third-order valence-corrected chi connectivity index (χ3v) is 3.35. The van der Waals surface area contributed by atoms with Crippen molar-refractivity contribution in [2.45, 2.75) is 19.8 Å². The number of piperidine rings is 1. The van der Waals surface area contributed by atoms with E-state index in [2.05, 4.69) is 33.1 Å². The normalized spacial score (nSPS) is 21.7.